The summed E-state index contributed by atoms with van der Waals surface area (Å²) < 4.78 is 58.2. The predicted molar refractivity (Wildman–Crippen MR) is 128 cm³/mol. The van der Waals surface area contributed by atoms with Crippen molar-refractivity contribution in [1.29, 1.82) is 5.26 Å². The third-order valence-corrected chi connectivity index (χ3v) is 6.05. The molecule has 0 spiro atoms. The molecule has 9 nitrogen and oxygen atoms in total. The lowest BCUT2D eigenvalue weighted by molar-refractivity contribution is -0.162. The van der Waals surface area contributed by atoms with Gasteiger partial charge < -0.3 is 14.5 Å². The van der Waals surface area contributed by atoms with Crippen molar-refractivity contribution in [1.82, 2.24) is 24.4 Å². The summed E-state index contributed by atoms with van der Waals surface area (Å²) >= 11 is 0. The molecule has 1 aromatic carbocycles. The molecular formula is C25H19F4N7O2. The number of pyridine rings is 1. The second-order valence-corrected chi connectivity index (χ2v) is 8.45. The van der Waals surface area contributed by atoms with Crippen LogP contribution in [0.25, 0.3) is 28.0 Å². The molecule has 4 aromatic rings. The monoisotopic (exact) mass is 525 g/mol. The molecule has 0 atom stereocenters. The van der Waals surface area contributed by atoms with Gasteiger partial charge in [0, 0.05) is 49.7 Å². The first-order chi connectivity index (χ1) is 18.2. The first-order valence-corrected chi connectivity index (χ1v) is 11.5. The Morgan fingerprint density at radius 3 is 2.53 bits per heavy atom. The van der Waals surface area contributed by atoms with Crippen molar-refractivity contribution in [3.8, 4) is 23.0 Å². The number of alkyl halides is 3. The van der Waals surface area contributed by atoms with E-state index < -0.39 is 24.7 Å². The van der Waals surface area contributed by atoms with Crippen LogP contribution in [-0.2, 0) is 4.74 Å². The van der Waals surface area contributed by atoms with E-state index in [1.165, 1.54) is 23.5 Å². The van der Waals surface area contributed by atoms with Gasteiger partial charge in [0.15, 0.2) is 12.3 Å². The number of fused-ring (bicyclic) bond motifs is 1. The van der Waals surface area contributed by atoms with Crippen LogP contribution in [0.1, 0.15) is 5.56 Å². The molecule has 194 valence electrons. The maximum absolute atomic E-state index is 14.9. The molecule has 0 N–H and O–H groups in total. The van der Waals surface area contributed by atoms with Crippen molar-refractivity contribution < 1.29 is 27.1 Å². The highest BCUT2D eigenvalue weighted by Gasteiger charge is 2.32. The minimum atomic E-state index is -4.61. The second-order valence-electron chi connectivity index (χ2n) is 8.45. The number of hydrogen-bond donors (Lipinski definition) is 0. The first kappa shape index (κ1) is 24.9. The molecule has 0 aliphatic carbocycles. The van der Waals surface area contributed by atoms with Gasteiger partial charge in [0.1, 0.15) is 23.8 Å². The molecule has 5 rings (SSSR count). The van der Waals surface area contributed by atoms with Crippen molar-refractivity contribution in [3.63, 3.8) is 0 Å². The molecule has 1 aliphatic heterocycles. The lowest BCUT2D eigenvalue weighted by Gasteiger charge is -2.35. The van der Waals surface area contributed by atoms with E-state index in [1.807, 2.05) is 4.90 Å². The van der Waals surface area contributed by atoms with Gasteiger partial charge in [0.2, 0.25) is 0 Å². The maximum Gasteiger partial charge on any atom is 0.422 e. The Bertz CT molecular complexity index is 1540. The largest absolute Gasteiger partial charge is 0.440 e. The molecule has 0 radical (unpaired) electrons. The summed E-state index contributed by atoms with van der Waals surface area (Å²) in [5.41, 5.74) is 1.60. The van der Waals surface area contributed by atoms with Crippen LogP contribution in [0.5, 0.6) is 0 Å². The van der Waals surface area contributed by atoms with Crippen molar-refractivity contribution in [2.24, 2.45) is 0 Å². The number of carbonyl (C=O) groups is 1. The number of aromatic nitrogens is 4. The lowest BCUT2D eigenvalue weighted by Crippen LogP contribution is -2.49. The van der Waals surface area contributed by atoms with Crippen molar-refractivity contribution in [2.75, 3.05) is 37.7 Å². The number of halogens is 4. The topological polar surface area (TPSA) is 100 Å². The highest BCUT2D eigenvalue weighted by atomic mass is 19.4. The number of nitrogens with zero attached hydrogens (tertiary/aromatic N) is 7. The van der Waals surface area contributed by atoms with Crippen LogP contribution >= 0.6 is 0 Å². The number of anilines is 1. The zero-order valence-electron chi connectivity index (χ0n) is 19.7. The second kappa shape index (κ2) is 9.97. The van der Waals surface area contributed by atoms with E-state index in [0.29, 0.717) is 39.4 Å². The molecule has 4 heterocycles. The predicted octanol–water partition coefficient (Wildman–Crippen LogP) is 4.31. The Labute approximate surface area is 213 Å². The minimum absolute atomic E-state index is 0.101. The van der Waals surface area contributed by atoms with Gasteiger partial charge in [-0.05, 0) is 18.2 Å². The van der Waals surface area contributed by atoms with E-state index >= 15 is 0 Å². The number of ether oxygens (including phenoxy) is 1. The summed E-state index contributed by atoms with van der Waals surface area (Å²) in [4.78, 5) is 28.3. The highest BCUT2D eigenvalue weighted by molar-refractivity contribution is 6.02. The number of piperazine rings is 1. The van der Waals surface area contributed by atoms with E-state index in [9.17, 15) is 27.6 Å². The molecule has 1 saturated heterocycles. The molecule has 1 aliphatic rings. The molecular weight excluding hydrogens is 506 g/mol. The van der Waals surface area contributed by atoms with Gasteiger partial charge in [-0.25, -0.2) is 24.1 Å². The van der Waals surface area contributed by atoms with E-state index in [1.54, 1.807) is 41.1 Å². The molecule has 1 amide bonds. The number of amides is 1. The Morgan fingerprint density at radius 2 is 1.82 bits per heavy atom. The fourth-order valence-corrected chi connectivity index (χ4v) is 4.30. The molecule has 3 aromatic heterocycles. The zero-order chi connectivity index (χ0) is 26.9. The quantitative estimate of drug-likeness (QED) is 0.366. The average Bonchev–Trinajstić information content (AvgIpc) is 3.31. The van der Waals surface area contributed by atoms with Crippen LogP contribution in [0.3, 0.4) is 0 Å². The molecule has 0 bridgehead atoms. The van der Waals surface area contributed by atoms with E-state index in [4.69, 9.17) is 0 Å². The number of nitriles is 1. The van der Waals surface area contributed by atoms with Gasteiger partial charge in [-0.2, -0.15) is 18.4 Å². The molecule has 38 heavy (non-hydrogen) atoms. The standard InChI is InChI=1S/C25H19F4N7O2/c26-19-4-2-1-3-17(19)18-13-36(20-11-16(12-30)5-6-31-20)23-21(18)22(32-15-33-23)34-7-9-35(10-8-34)24(37)38-14-25(27,28)29/h1-6,11,13,15H,7-10,14H2. The minimum Gasteiger partial charge on any atom is -0.440 e. The first-order valence-electron chi connectivity index (χ1n) is 11.5. The van der Waals surface area contributed by atoms with Gasteiger partial charge in [-0.3, -0.25) is 4.57 Å². The van der Waals surface area contributed by atoms with Crippen molar-refractivity contribution in [3.05, 3.63) is 66.5 Å². The summed E-state index contributed by atoms with van der Waals surface area (Å²) in [6.07, 6.45) is -1.15. The lowest BCUT2D eigenvalue weighted by atomic mass is 10.1. The van der Waals surface area contributed by atoms with Gasteiger partial charge in [-0.1, -0.05) is 18.2 Å². The van der Waals surface area contributed by atoms with Gasteiger partial charge in [0.05, 0.1) is 17.0 Å². The van der Waals surface area contributed by atoms with Gasteiger partial charge in [0.25, 0.3) is 0 Å². The molecule has 0 unspecified atom stereocenters. The Balaban J connectivity index is 1.53. The molecule has 13 heteroatoms. The third kappa shape index (κ3) is 4.93. The van der Waals surface area contributed by atoms with Crippen molar-refractivity contribution in [2.45, 2.75) is 6.18 Å². The van der Waals surface area contributed by atoms with Crippen LogP contribution in [0, 0.1) is 17.1 Å². The smallest absolute Gasteiger partial charge is 0.422 e. The van der Waals surface area contributed by atoms with Crippen LogP contribution in [-0.4, -0.2) is 69.5 Å². The van der Waals surface area contributed by atoms with Gasteiger partial charge in [-0.15, -0.1) is 0 Å². The number of rotatable bonds is 4. The van der Waals surface area contributed by atoms with Crippen LogP contribution < -0.4 is 4.90 Å². The normalized spacial score (nSPS) is 14.0. The van der Waals surface area contributed by atoms with Crippen LogP contribution in [0.4, 0.5) is 28.2 Å². The molecule has 1 fully saturated rings. The van der Waals surface area contributed by atoms with Gasteiger partial charge >= 0.3 is 12.3 Å². The van der Waals surface area contributed by atoms with Crippen molar-refractivity contribution >= 4 is 22.9 Å². The average molecular weight is 525 g/mol. The Kier molecular flexibility index (Phi) is 6.54. The number of hydrogen-bond acceptors (Lipinski definition) is 7. The van der Waals surface area contributed by atoms with E-state index in [2.05, 4.69) is 25.8 Å². The number of carbonyl (C=O) groups excluding carboxylic acids is 1. The molecule has 0 saturated carbocycles. The summed E-state index contributed by atoms with van der Waals surface area (Å²) in [5.74, 6) is 0.405. The third-order valence-electron chi connectivity index (χ3n) is 6.05. The number of benzene rings is 1. The zero-order valence-corrected chi connectivity index (χ0v) is 19.7. The summed E-state index contributed by atoms with van der Waals surface area (Å²) in [6, 6.07) is 11.4. The fourth-order valence-electron chi connectivity index (χ4n) is 4.30. The summed E-state index contributed by atoms with van der Waals surface area (Å²) in [7, 11) is 0. The van der Waals surface area contributed by atoms with Crippen LogP contribution in [0.2, 0.25) is 0 Å². The Morgan fingerprint density at radius 1 is 1.05 bits per heavy atom. The SMILES string of the molecule is N#Cc1ccnc(-n2cc(-c3ccccc3F)c3c(N4CCN(C(=O)OCC(F)(F)F)CC4)ncnc32)c1. The Hall–Kier alpha value is -4.73. The van der Waals surface area contributed by atoms with E-state index in [0.717, 1.165) is 0 Å². The fraction of sp³-hybridized carbons (Fsp3) is 0.240. The van der Waals surface area contributed by atoms with E-state index in [-0.39, 0.29) is 26.2 Å². The summed E-state index contributed by atoms with van der Waals surface area (Å²) in [6.45, 7) is -0.957. The maximum atomic E-state index is 14.9. The van der Waals surface area contributed by atoms with Crippen LogP contribution in [0.15, 0.2) is 55.1 Å². The highest BCUT2D eigenvalue weighted by Crippen LogP contribution is 2.37. The summed E-state index contributed by atoms with van der Waals surface area (Å²) in [5, 5.41) is 9.85.